The summed E-state index contributed by atoms with van der Waals surface area (Å²) in [6.07, 6.45) is 4.43. The Labute approximate surface area is 180 Å². The van der Waals surface area contributed by atoms with E-state index >= 15 is 0 Å². The molecule has 3 aromatic rings. The van der Waals surface area contributed by atoms with Crippen molar-refractivity contribution in [2.75, 3.05) is 4.90 Å². The number of para-hydroxylation sites is 1. The third-order valence-electron chi connectivity index (χ3n) is 5.45. The number of furan rings is 1. The van der Waals surface area contributed by atoms with Gasteiger partial charge < -0.3 is 9.73 Å². The first-order valence-electron chi connectivity index (χ1n) is 10.4. The first kappa shape index (κ1) is 20.4. The molecule has 1 atom stereocenters. The van der Waals surface area contributed by atoms with Crippen LogP contribution in [0.3, 0.4) is 0 Å². The SMILES string of the molecule is Cc1ccc([C@@H](C(=O)NC2CCCC2)N(C(=O)Cc2cccs2)c2ccccc2)o1. The van der Waals surface area contributed by atoms with Crippen molar-refractivity contribution in [3.05, 3.63) is 76.4 Å². The fourth-order valence-corrected chi connectivity index (χ4v) is 4.69. The molecular formula is C24H26N2O3S. The van der Waals surface area contributed by atoms with Crippen LogP contribution < -0.4 is 10.2 Å². The number of nitrogens with zero attached hydrogens (tertiary/aromatic N) is 1. The van der Waals surface area contributed by atoms with Crippen molar-refractivity contribution in [1.29, 1.82) is 0 Å². The Hall–Kier alpha value is -2.86. The fraction of sp³-hybridized carbons (Fsp3) is 0.333. The van der Waals surface area contributed by atoms with Crippen LogP contribution in [0.2, 0.25) is 0 Å². The van der Waals surface area contributed by atoms with Crippen molar-refractivity contribution in [3.8, 4) is 0 Å². The van der Waals surface area contributed by atoms with Crippen LogP contribution in [0, 0.1) is 6.92 Å². The van der Waals surface area contributed by atoms with Gasteiger partial charge in [-0.3, -0.25) is 14.5 Å². The molecule has 1 fully saturated rings. The third-order valence-corrected chi connectivity index (χ3v) is 6.32. The maximum atomic E-state index is 13.5. The highest BCUT2D eigenvalue weighted by atomic mass is 32.1. The van der Waals surface area contributed by atoms with Gasteiger partial charge in [0.1, 0.15) is 11.5 Å². The van der Waals surface area contributed by atoms with E-state index in [-0.39, 0.29) is 24.3 Å². The van der Waals surface area contributed by atoms with Gasteiger partial charge >= 0.3 is 0 Å². The van der Waals surface area contributed by atoms with E-state index in [1.54, 1.807) is 11.0 Å². The van der Waals surface area contributed by atoms with E-state index in [9.17, 15) is 9.59 Å². The van der Waals surface area contributed by atoms with Crippen molar-refractivity contribution in [2.45, 2.75) is 51.1 Å². The summed E-state index contributed by atoms with van der Waals surface area (Å²) in [4.78, 5) is 29.5. The second-order valence-electron chi connectivity index (χ2n) is 7.70. The third kappa shape index (κ3) is 4.65. The number of carbonyl (C=O) groups excluding carboxylic acids is 2. The van der Waals surface area contributed by atoms with E-state index in [0.29, 0.717) is 17.2 Å². The van der Waals surface area contributed by atoms with E-state index < -0.39 is 6.04 Å². The Balaban J connectivity index is 1.71. The van der Waals surface area contributed by atoms with Crippen LogP contribution >= 0.6 is 11.3 Å². The van der Waals surface area contributed by atoms with Gasteiger partial charge in [0.05, 0.1) is 6.42 Å². The lowest BCUT2D eigenvalue weighted by Crippen LogP contribution is -2.46. The summed E-state index contributed by atoms with van der Waals surface area (Å²) in [6, 6.07) is 16.2. The summed E-state index contributed by atoms with van der Waals surface area (Å²) in [5.41, 5.74) is 0.680. The number of aryl methyl sites for hydroxylation is 1. The lowest BCUT2D eigenvalue weighted by Gasteiger charge is -2.31. The van der Waals surface area contributed by atoms with E-state index in [1.807, 2.05) is 60.8 Å². The van der Waals surface area contributed by atoms with Gasteiger partial charge in [0.15, 0.2) is 6.04 Å². The monoisotopic (exact) mass is 422 g/mol. The number of hydrogen-bond acceptors (Lipinski definition) is 4. The summed E-state index contributed by atoms with van der Waals surface area (Å²) in [7, 11) is 0. The summed E-state index contributed by atoms with van der Waals surface area (Å²) in [6.45, 7) is 1.84. The molecule has 156 valence electrons. The van der Waals surface area contributed by atoms with Crippen molar-refractivity contribution < 1.29 is 14.0 Å². The van der Waals surface area contributed by atoms with Crippen LogP contribution in [-0.2, 0) is 16.0 Å². The molecule has 1 saturated carbocycles. The molecule has 0 aliphatic heterocycles. The maximum Gasteiger partial charge on any atom is 0.251 e. The highest BCUT2D eigenvalue weighted by Crippen LogP contribution is 2.31. The second kappa shape index (κ2) is 9.30. The lowest BCUT2D eigenvalue weighted by atomic mass is 10.1. The fourth-order valence-electron chi connectivity index (χ4n) is 4.00. The van der Waals surface area contributed by atoms with Gasteiger partial charge in [-0.15, -0.1) is 11.3 Å². The number of nitrogens with one attached hydrogen (secondary N) is 1. The quantitative estimate of drug-likeness (QED) is 0.581. The highest BCUT2D eigenvalue weighted by molar-refractivity contribution is 7.10. The zero-order valence-corrected chi connectivity index (χ0v) is 17.9. The molecule has 0 unspecified atom stereocenters. The second-order valence-corrected chi connectivity index (χ2v) is 8.73. The van der Waals surface area contributed by atoms with Gasteiger partial charge in [0, 0.05) is 16.6 Å². The predicted molar refractivity (Wildman–Crippen MR) is 119 cm³/mol. The highest BCUT2D eigenvalue weighted by Gasteiger charge is 2.36. The Morgan fingerprint density at radius 1 is 1.10 bits per heavy atom. The number of rotatable bonds is 7. The number of hydrogen-bond donors (Lipinski definition) is 1. The molecule has 0 radical (unpaired) electrons. The number of amides is 2. The van der Waals surface area contributed by atoms with Gasteiger partial charge in [0.2, 0.25) is 5.91 Å². The van der Waals surface area contributed by atoms with Gasteiger partial charge in [0.25, 0.3) is 5.91 Å². The molecule has 1 aliphatic rings. The van der Waals surface area contributed by atoms with Crippen LogP contribution in [0.4, 0.5) is 5.69 Å². The average Bonchev–Trinajstić information content (AvgIpc) is 3.50. The topological polar surface area (TPSA) is 62.6 Å². The number of anilines is 1. The zero-order chi connectivity index (χ0) is 20.9. The average molecular weight is 423 g/mol. The standard InChI is InChI=1S/C24H26N2O3S/c1-17-13-14-21(29-17)23(24(28)25-18-8-5-6-9-18)26(19-10-3-2-4-11-19)22(27)16-20-12-7-15-30-20/h2-4,7,10-15,18,23H,5-6,8-9,16H2,1H3,(H,25,28)/t23-/m0/s1. The Bertz CT molecular complexity index is 975. The van der Waals surface area contributed by atoms with Crippen molar-refractivity contribution in [3.63, 3.8) is 0 Å². The van der Waals surface area contributed by atoms with Crippen molar-refractivity contribution >= 4 is 28.8 Å². The zero-order valence-electron chi connectivity index (χ0n) is 17.0. The van der Waals surface area contributed by atoms with Gasteiger partial charge in [-0.05, 0) is 55.5 Å². The van der Waals surface area contributed by atoms with Crippen molar-refractivity contribution in [2.24, 2.45) is 0 Å². The minimum absolute atomic E-state index is 0.135. The summed E-state index contributed by atoms with van der Waals surface area (Å²) < 4.78 is 5.87. The van der Waals surface area contributed by atoms with Crippen LogP contribution in [0.5, 0.6) is 0 Å². The molecule has 5 nitrogen and oxygen atoms in total. The first-order chi connectivity index (χ1) is 14.6. The molecule has 0 spiro atoms. The van der Waals surface area contributed by atoms with Gasteiger partial charge in [-0.25, -0.2) is 0 Å². The Morgan fingerprint density at radius 2 is 1.87 bits per heavy atom. The molecule has 1 N–H and O–H groups in total. The molecule has 6 heteroatoms. The molecule has 4 rings (SSSR count). The first-order valence-corrected chi connectivity index (χ1v) is 11.3. The molecule has 1 aliphatic carbocycles. The molecule has 2 amide bonds. The Morgan fingerprint density at radius 3 is 2.50 bits per heavy atom. The molecule has 2 aromatic heterocycles. The van der Waals surface area contributed by atoms with Gasteiger partial charge in [-0.2, -0.15) is 0 Å². The lowest BCUT2D eigenvalue weighted by molar-refractivity contribution is -0.127. The molecule has 0 saturated heterocycles. The molecule has 2 heterocycles. The van der Waals surface area contributed by atoms with E-state index in [0.717, 1.165) is 30.6 Å². The number of carbonyl (C=O) groups is 2. The summed E-state index contributed by atoms with van der Waals surface area (Å²) in [5, 5.41) is 5.11. The molecular weight excluding hydrogens is 396 g/mol. The molecule has 30 heavy (non-hydrogen) atoms. The normalized spacial score (nSPS) is 15.1. The predicted octanol–water partition coefficient (Wildman–Crippen LogP) is 5.03. The Kier molecular flexibility index (Phi) is 6.33. The number of thiophene rings is 1. The minimum Gasteiger partial charge on any atom is -0.464 e. The number of benzene rings is 1. The summed E-state index contributed by atoms with van der Waals surface area (Å²) in [5.74, 6) is 0.859. The smallest absolute Gasteiger partial charge is 0.251 e. The largest absolute Gasteiger partial charge is 0.464 e. The van der Waals surface area contributed by atoms with Gasteiger partial charge in [-0.1, -0.05) is 37.1 Å². The summed E-state index contributed by atoms with van der Waals surface area (Å²) >= 11 is 1.54. The van der Waals surface area contributed by atoms with Crippen LogP contribution in [0.1, 0.15) is 48.1 Å². The van der Waals surface area contributed by atoms with Crippen LogP contribution in [0.15, 0.2) is 64.4 Å². The van der Waals surface area contributed by atoms with Crippen LogP contribution in [0.25, 0.3) is 0 Å². The minimum atomic E-state index is -0.853. The van der Waals surface area contributed by atoms with Crippen LogP contribution in [-0.4, -0.2) is 17.9 Å². The molecule has 0 bridgehead atoms. The van der Waals surface area contributed by atoms with Crippen molar-refractivity contribution in [1.82, 2.24) is 5.32 Å². The van der Waals surface area contributed by atoms with E-state index in [2.05, 4.69) is 5.32 Å². The maximum absolute atomic E-state index is 13.5. The van der Waals surface area contributed by atoms with E-state index in [1.165, 1.54) is 11.3 Å². The van der Waals surface area contributed by atoms with E-state index in [4.69, 9.17) is 4.42 Å². The molecule has 1 aromatic carbocycles.